The van der Waals surface area contributed by atoms with Crippen LogP contribution in [0.3, 0.4) is 0 Å². The molecule has 1 aromatic heterocycles. The van der Waals surface area contributed by atoms with Gasteiger partial charge in [-0.2, -0.15) is 0 Å². The van der Waals surface area contributed by atoms with Crippen LogP contribution in [0.5, 0.6) is 5.75 Å². The van der Waals surface area contributed by atoms with Crippen molar-refractivity contribution in [2.24, 2.45) is 0 Å². The number of esters is 1. The Morgan fingerprint density at radius 1 is 1.35 bits per heavy atom. The van der Waals surface area contributed by atoms with Crippen molar-refractivity contribution in [3.05, 3.63) is 35.3 Å². The maximum Gasteiger partial charge on any atom is 0.357 e. The molecule has 0 aliphatic heterocycles. The summed E-state index contributed by atoms with van der Waals surface area (Å²) in [6.45, 7) is 4.89. The molecule has 4 nitrogen and oxygen atoms in total. The number of carbonyl (C=O) groups excluding carboxylic acids is 1. The topological polar surface area (TPSA) is 48.4 Å². The molecule has 0 saturated heterocycles. The van der Waals surface area contributed by atoms with Crippen LogP contribution in [0, 0.1) is 0 Å². The Bertz CT molecular complexity index is 580. The Morgan fingerprint density at radius 3 is 2.95 bits per heavy atom. The summed E-state index contributed by atoms with van der Waals surface area (Å²) in [5.41, 5.74) is 1.30. The first-order chi connectivity index (χ1) is 9.74. The quantitative estimate of drug-likeness (QED) is 0.760. The number of nitrogens with zero attached hydrogens (tertiary/aromatic N) is 1. The third-order valence-corrected chi connectivity index (χ3v) is 3.43. The lowest BCUT2D eigenvalue weighted by molar-refractivity contribution is 0.0520. The van der Waals surface area contributed by atoms with Crippen LogP contribution >= 0.6 is 11.3 Å². The van der Waals surface area contributed by atoms with Gasteiger partial charge < -0.3 is 9.47 Å². The highest BCUT2D eigenvalue weighted by molar-refractivity contribution is 7.13. The first-order valence-corrected chi connectivity index (χ1v) is 7.48. The first kappa shape index (κ1) is 14.5. The summed E-state index contributed by atoms with van der Waals surface area (Å²) in [6, 6.07) is 7.72. The van der Waals surface area contributed by atoms with Gasteiger partial charge in [0.2, 0.25) is 0 Å². The largest absolute Gasteiger partial charge is 0.494 e. The van der Waals surface area contributed by atoms with Crippen molar-refractivity contribution in [2.45, 2.75) is 20.3 Å². The summed E-state index contributed by atoms with van der Waals surface area (Å²) in [4.78, 5) is 15.9. The molecule has 2 aromatic rings. The second kappa shape index (κ2) is 7.05. The molecule has 0 radical (unpaired) electrons. The van der Waals surface area contributed by atoms with E-state index in [0.29, 0.717) is 18.9 Å². The van der Waals surface area contributed by atoms with E-state index in [2.05, 4.69) is 11.9 Å². The molecule has 0 saturated carbocycles. The maximum absolute atomic E-state index is 11.6. The molecule has 2 rings (SSSR count). The summed E-state index contributed by atoms with van der Waals surface area (Å²) >= 11 is 1.42. The molecule has 0 bridgehead atoms. The van der Waals surface area contributed by atoms with E-state index in [-0.39, 0.29) is 5.97 Å². The third-order valence-electron chi connectivity index (χ3n) is 2.54. The minimum atomic E-state index is -0.381. The van der Waals surface area contributed by atoms with Gasteiger partial charge in [0.15, 0.2) is 5.69 Å². The number of carbonyl (C=O) groups is 1. The normalized spacial score (nSPS) is 10.3. The molecule has 0 fully saturated rings. The highest BCUT2D eigenvalue weighted by atomic mass is 32.1. The number of hydrogen-bond acceptors (Lipinski definition) is 5. The van der Waals surface area contributed by atoms with Crippen LogP contribution in [0.2, 0.25) is 0 Å². The number of rotatable bonds is 6. The summed E-state index contributed by atoms with van der Waals surface area (Å²) in [5, 5.41) is 2.50. The van der Waals surface area contributed by atoms with Crippen molar-refractivity contribution in [3.8, 4) is 16.3 Å². The average Bonchev–Trinajstić information content (AvgIpc) is 2.95. The predicted octanol–water partition coefficient (Wildman–Crippen LogP) is 3.78. The second-order valence-corrected chi connectivity index (χ2v) is 4.99. The zero-order chi connectivity index (χ0) is 14.4. The van der Waals surface area contributed by atoms with E-state index < -0.39 is 0 Å². The number of benzene rings is 1. The zero-order valence-corrected chi connectivity index (χ0v) is 12.4. The summed E-state index contributed by atoms with van der Waals surface area (Å²) < 4.78 is 10.5. The van der Waals surface area contributed by atoms with Crippen LogP contribution in [0.4, 0.5) is 0 Å². The molecule has 0 N–H and O–H groups in total. The maximum atomic E-state index is 11.6. The van der Waals surface area contributed by atoms with Crippen LogP contribution in [0.25, 0.3) is 10.6 Å². The van der Waals surface area contributed by atoms with Crippen molar-refractivity contribution in [3.63, 3.8) is 0 Å². The van der Waals surface area contributed by atoms with Crippen LogP contribution in [0.1, 0.15) is 30.8 Å². The average molecular weight is 291 g/mol. The molecule has 0 atom stereocenters. The van der Waals surface area contributed by atoms with Gasteiger partial charge in [0, 0.05) is 10.9 Å². The molecule has 5 heteroatoms. The highest BCUT2D eigenvalue weighted by Gasteiger charge is 2.12. The fourth-order valence-corrected chi connectivity index (χ4v) is 2.43. The highest BCUT2D eigenvalue weighted by Crippen LogP contribution is 2.27. The van der Waals surface area contributed by atoms with Gasteiger partial charge in [-0.3, -0.25) is 0 Å². The lowest BCUT2D eigenvalue weighted by Gasteiger charge is -2.05. The summed E-state index contributed by atoms with van der Waals surface area (Å²) in [6.07, 6.45) is 0.967. The molecule has 20 heavy (non-hydrogen) atoms. The molecule has 0 spiro atoms. The number of thiazole rings is 1. The monoisotopic (exact) mass is 291 g/mol. The van der Waals surface area contributed by atoms with Crippen molar-refractivity contribution in [1.29, 1.82) is 0 Å². The molecular weight excluding hydrogens is 274 g/mol. The van der Waals surface area contributed by atoms with Crippen molar-refractivity contribution >= 4 is 17.3 Å². The van der Waals surface area contributed by atoms with Gasteiger partial charge in [0.25, 0.3) is 0 Å². The van der Waals surface area contributed by atoms with Gasteiger partial charge in [0.1, 0.15) is 10.8 Å². The van der Waals surface area contributed by atoms with Crippen LogP contribution < -0.4 is 4.74 Å². The van der Waals surface area contributed by atoms with E-state index in [1.165, 1.54) is 11.3 Å². The fourth-order valence-electron chi connectivity index (χ4n) is 1.64. The lowest BCUT2D eigenvalue weighted by Crippen LogP contribution is -2.04. The van der Waals surface area contributed by atoms with Crippen LogP contribution in [-0.2, 0) is 4.74 Å². The molecule has 106 valence electrons. The number of ether oxygens (including phenoxy) is 2. The van der Waals surface area contributed by atoms with Gasteiger partial charge in [-0.05, 0) is 25.5 Å². The Kier molecular flexibility index (Phi) is 5.12. The first-order valence-electron chi connectivity index (χ1n) is 6.60. The van der Waals surface area contributed by atoms with E-state index >= 15 is 0 Å². The zero-order valence-electron chi connectivity index (χ0n) is 11.6. The minimum absolute atomic E-state index is 0.353. The van der Waals surface area contributed by atoms with Gasteiger partial charge in [0.05, 0.1) is 13.2 Å². The third kappa shape index (κ3) is 3.57. The lowest BCUT2D eigenvalue weighted by atomic mass is 10.2. The van der Waals surface area contributed by atoms with E-state index in [9.17, 15) is 4.79 Å². The molecule has 0 aliphatic carbocycles. The van der Waals surface area contributed by atoms with Gasteiger partial charge >= 0.3 is 5.97 Å². The van der Waals surface area contributed by atoms with Gasteiger partial charge in [-0.15, -0.1) is 11.3 Å². The smallest absolute Gasteiger partial charge is 0.357 e. The summed E-state index contributed by atoms with van der Waals surface area (Å²) in [5.74, 6) is 0.436. The van der Waals surface area contributed by atoms with Crippen LogP contribution in [-0.4, -0.2) is 24.2 Å². The number of aromatic nitrogens is 1. The van der Waals surface area contributed by atoms with E-state index in [0.717, 1.165) is 22.7 Å². The predicted molar refractivity (Wildman–Crippen MR) is 79.3 cm³/mol. The van der Waals surface area contributed by atoms with Crippen molar-refractivity contribution < 1.29 is 14.3 Å². The number of hydrogen-bond donors (Lipinski definition) is 0. The van der Waals surface area contributed by atoms with Gasteiger partial charge in [-0.1, -0.05) is 19.1 Å². The standard InChI is InChI=1S/C15H17NO3S/c1-3-8-19-12-7-5-6-11(9-12)14-16-13(10-20-14)15(17)18-4-2/h5-7,9-10H,3-4,8H2,1-2H3. The molecule has 1 aromatic carbocycles. The van der Waals surface area contributed by atoms with E-state index in [1.54, 1.807) is 12.3 Å². The van der Waals surface area contributed by atoms with Gasteiger partial charge in [-0.25, -0.2) is 9.78 Å². The molecule has 0 aliphatic rings. The fraction of sp³-hybridized carbons (Fsp3) is 0.333. The summed E-state index contributed by atoms with van der Waals surface area (Å²) in [7, 11) is 0. The Hall–Kier alpha value is -1.88. The SMILES string of the molecule is CCCOc1cccc(-c2nc(C(=O)OCC)cs2)c1. The Balaban J connectivity index is 2.17. The molecule has 0 unspecified atom stereocenters. The second-order valence-electron chi connectivity index (χ2n) is 4.13. The minimum Gasteiger partial charge on any atom is -0.494 e. The van der Waals surface area contributed by atoms with Crippen molar-refractivity contribution in [1.82, 2.24) is 4.98 Å². The molecule has 1 heterocycles. The Labute approximate surface area is 122 Å². The van der Waals surface area contributed by atoms with Crippen LogP contribution in [0.15, 0.2) is 29.6 Å². The van der Waals surface area contributed by atoms with E-state index in [4.69, 9.17) is 9.47 Å². The molecule has 0 amide bonds. The van der Waals surface area contributed by atoms with E-state index in [1.807, 2.05) is 24.3 Å². The Morgan fingerprint density at radius 2 is 2.20 bits per heavy atom. The van der Waals surface area contributed by atoms with Crippen molar-refractivity contribution in [2.75, 3.05) is 13.2 Å². The molecular formula is C15H17NO3S.